The number of nitrogens with one attached hydrogen (secondary N) is 1. The third kappa shape index (κ3) is 2.33. The molecule has 110 valence electrons. The zero-order chi connectivity index (χ0) is 15.7. The number of pyridine rings is 1. The van der Waals surface area contributed by atoms with Crippen LogP contribution in [0.25, 0.3) is 11.0 Å². The molecular weight excluding hydrogens is 276 g/mol. The number of aryl methyl sites for hydroxylation is 2. The molecule has 3 rings (SSSR count). The molecule has 3 N–H and O–H groups in total. The predicted octanol–water partition coefficient (Wildman–Crippen LogP) is 2.73. The van der Waals surface area contributed by atoms with Gasteiger partial charge in [0.15, 0.2) is 5.82 Å². The van der Waals surface area contributed by atoms with Gasteiger partial charge in [-0.2, -0.15) is 5.26 Å². The van der Waals surface area contributed by atoms with Crippen LogP contribution in [0.5, 0.6) is 0 Å². The van der Waals surface area contributed by atoms with Crippen LogP contribution in [0.15, 0.2) is 30.6 Å². The molecule has 6 nitrogen and oxygen atoms in total. The molecule has 6 heteroatoms. The Morgan fingerprint density at radius 2 is 2.18 bits per heavy atom. The Hall–Kier alpha value is -3.07. The van der Waals surface area contributed by atoms with Crippen LogP contribution in [0.3, 0.4) is 0 Å². The summed E-state index contributed by atoms with van der Waals surface area (Å²) in [6, 6.07) is 9.63. The number of benzene rings is 1. The first-order valence-corrected chi connectivity index (χ1v) is 7.00. The number of nitriles is 1. The number of hydrogen-bond acceptors (Lipinski definition) is 5. The number of nitrogens with zero attached hydrogens (tertiary/aromatic N) is 4. The van der Waals surface area contributed by atoms with E-state index in [0.717, 1.165) is 23.2 Å². The van der Waals surface area contributed by atoms with E-state index in [4.69, 9.17) is 11.0 Å². The van der Waals surface area contributed by atoms with E-state index in [9.17, 15) is 0 Å². The van der Waals surface area contributed by atoms with Gasteiger partial charge < -0.3 is 15.6 Å². The minimum absolute atomic E-state index is 0.396. The zero-order valence-electron chi connectivity index (χ0n) is 12.5. The zero-order valence-corrected chi connectivity index (χ0v) is 12.5. The van der Waals surface area contributed by atoms with Crippen molar-refractivity contribution in [3.05, 3.63) is 41.7 Å². The molecule has 0 fully saturated rings. The van der Waals surface area contributed by atoms with E-state index in [1.54, 1.807) is 12.4 Å². The first-order chi connectivity index (χ1) is 10.6. The van der Waals surface area contributed by atoms with Crippen LogP contribution in [-0.4, -0.2) is 14.5 Å². The van der Waals surface area contributed by atoms with Crippen molar-refractivity contribution in [3.63, 3.8) is 0 Å². The fraction of sp³-hybridized carbons (Fsp3) is 0.188. The van der Waals surface area contributed by atoms with E-state index in [-0.39, 0.29) is 0 Å². The Balaban J connectivity index is 2.03. The minimum atomic E-state index is 0.396. The number of aromatic nitrogens is 3. The number of nitrogens with two attached hydrogens (primary N) is 1. The topological polar surface area (TPSA) is 92.5 Å². The number of hydrogen-bond donors (Lipinski definition) is 2. The van der Waals surface area contributed by atoms with Crippen molar-refractivity contribution in [1.29, 1.82) is 5.26 Å². The highest BCUT2D eigenvalue weighted by atomic mass is 15.1. The van der Waals surface area contributed by atoms with E-state index in [2.05, 4.69) is 21.4 Å². The molecule has 0 aliphatic rings. The molecule has 0 aliphatic carbocycles. The van der Waals surface area contributed by atoms with Crippen LogP contribution in [0, 0.1) is 11.3 Å². The maximum Gasteiger partial charge on any atom is 0.154 e. The van der Waals surface area contributed by atoms with E-state index >= 15 is 0 Å². The van der Waals surface area contributed by atoms with Gasteiger partial charge in [-0.15, -0.1) is 0 Å². The van der Waals surface area contributed by atoms with Gasteiger partial charge in [0, 0.05) is 18.8 Å². The highest BCUT2D eigenvalue weighted by molar-refractivity contribution is 5.88. The maximum absolute atomic E-state index is 8.99. The van der Waals surface area contributed by atoms with Crippen molar-refractivity contribution in [2.45, 2.75) is 13.3 Å². The number of anilines is 3. The fourth-order valence-electron chi connectivity index (χ4n) is 2.43. The van der Waals surface area contributed by atoms with Gasteiger partial charge in [0.1, 0.15) is 11.3 Å². The van der Waals surface area contributed by atoms with Crippen molar-refractivity contribution in [1.82, 2.24) is 14.5 Å². The standard InChI is InChI=1S/C16H16N6/c1-3-11-6-10(8-17)4-5-12(11)20-14-7-13-15(16(18)21-14)19-9-22(13)2/h4-7,9H,3H2,1-2H3,(H3,18,20,21). The summed E-state index contributed by atoms with van der Waals surface area (Å²) in [6.45, 7) is 2.05. The molecule has 0 bridgehead atoms. The summed E-state index contributed by atoms with van der Waals surface area (Å²) < 4.78 is 1.90. The van der Waals surface area contributed by atoms with Crippen LogP contribution in [0.1, 0.15) is 18.1 Å². The van der Waals surface area contributed by atoms with Gasteiger partial charge in [0.25, 0.3) is 0 Å². The summed E-state index contributed by atoms with van der Waals surface area (Å²) in [5, 5.41) is 12.3. The SMILES string of the molecule is CCc1cc(C#N)ccc1Nc1cc2c(ncn2C)c(N)n1. The Morgan fingerprint density at radius 1 is 1.36 bits per heavy atom. The third-order valence-corrected chi connectivity index (χ3v) is 3.62. The lowest BCUT2D eigenvalue weighted by Crippen LogP contribution is -2.01. The van der Waals surface area contributed by atoms with Crippen LogP contribution in [0.2, 0.25) is 0 Å². The molecule has 1 aromatic carbocycles. The second-order valence-electron chi connectivity index (χ2n) is 5.08. The van der Waals surface area contributed by atoms with Crippen LogP contribution < -0.4 is 11.1 Å². The molecule has 0 amide bonds. The number of fused-ring (bicyclic) bond motifs is 1. The monoisotopic (exact) mass is 292 g/mol. The van der Waals surface area contributed by atoms with Gasteiger partial charge >= 0.3 is 0 Å². The highest BCUT2D eigenvalue weighted by Gasteiger charge is 2.09. The van der Waals surface area contributed by atoms with Gasteiger partial charge in [-0.25, -0.2) is 9.97 Å². The quantitative estimate of drug-likeness (QED) is 0.774. The van der Waals surface area contributed by atoms with E-state index < -0.39 is 0 Å². The molecule has 0 saturated heterocycles. The Morgan fingerprint density at radius 3 is 2.91 bits per heavy atom. The number of nitrogen functional groups attached to an aromatic ring is 1. The predicted molar refractivity (Wildman–Crippen MR) is 86.7 cm³/mol. The van der Waals surface area contributed by atoms with Crippen LogP contribution in [-0.2, 0) is 13.5 Å². The summed E-state index contributed by atoms with van der Waals surface area (Å²) in [5.74, 6) is 1.06. The van der Waals surface area contributed by atoms with E-state index in [0.29, 0.717) is 22.7 Å². The summed E-state index contributed by atoms with van der Waals surface area (Å²) in [5.41, 5.74) is 10.2. The van der Waals surface area contributed by atoms with E-state index in [1.165, 1.54) is 0 Å². The normalized spacial score (nSPS) is 10.6. The lowest BCUT2D eigenvalue weighted by molar-refractivity contribution is 0.947. The Bertz CT molecular complexity index is 888. The lowest BCUT2D eigenvalue weighted by Gasteiger charge is -2.11. The molecule has 2 heterocycles. The van der Waals surface area contributed by atoms with Crippen molar-refractivity contribution in [3.8, 4) is 6.07 Å². The molecule has 0 radical (unpaired) electrons. The Labute approximate surface area is 128 Å². The largest absolute Gasteiger partial charge is 0.382 e. The Kier molecular flexibility index (Phi) is 3.39. The summed E-state index contributed by atoms with van der Waals surface area (Å²) >= 11 is 0. The van der Waals surface area contributed by atoms with E-state index in [1.807, 2.05) is 36.7 Å². The van der Waals surface area contributed by atoms with Crippen LogP contribution >= 0.6 is 0 Å². The fourth-order valence-corrected chi connectivity index (χ4v) is 2.43. The maximum atomic E-state index is 8.99. The van der Waals surface area contributed by atoms with Gasteiger partial charge in [0.05, 0.1) is 23.5 Å². The molecule has 22 heavy (non-hydrogen) atoms. The molecular formula is C16H16N6. The highest BCUT2D eigenvalue weighted by Crippen LogP contribution is 2.26. The molecule has 0 spiro atoms. The van der Waals surface area contributed by atoms with Gasteiger partial charge in [-0.1, -0.05) is 6.92 Å². The lowest BCUT2D eigenvalue weighted by atomic mass is 10.1. The first-order valence-electron chi connectivity index (χ1n) is 7.00. The molecule has 0 unspecified atom stereocenters. The van der Waals surface area contributed by atoms with Crippen molar-refractivity contribution >= 4 is 28.4 Å². The molecule has 3 aromatic rings. The molecule has 0 saturated carbocycles. The second-order valence-corrected chi connectivity index (χ2v) is 5.08. The third-order valence-electron chi connectivity index (χ3n) is 3.62. The average molecular weight is 292 g/mol. The van der Waals surface area contributed by atoms with Crippen molar-refractivity contribution in [2.75, 3.05) is 11.1 Å². The van der Waals surface area contributed by atoms with Crippen molar-refractivity contribution < 1.29 is 0 Å². The van der Waals surface area contributed by atoms with Crippen molar-refractivity contribution in [2.24, 2.45) is 7.05 Å². The summed E-state index contributed by atoms with van der Waals surface area (Å²) in [4.78, 5) is 8.59. The molecule has 0 aliphatic heterocycles. The summed E-state index contributed by atoms with van der Waals surface area (Å²) in [7, 11) is 1.91. The average Bonchev–Trinajstić information content (AvgIpc) is 2.90. The van der Waals surface area contributed by atoms with Gasteiger partial charge in [-0.05, 0) is 30.2 Å². The number of rotatable bonds is 3. The molecule has 2 aromatic heterocycles. The van der Waals surface area contributed by atoms with Crippen LogP contribution in [0.4, 0.5) is 17.3 Å². The van der Waals surface area contributed by atoms with Gasteiger partial charge in [0.2, 0.25) is 0 Å². The minimum Gasteiger partial charge on any atom is -0.382 e. The second kappa shape index (κ2) is 5.37. The summed E-state index contributed by atoms with van der Waals surface area (Å²) in [6.07, 6.45) is 2.53. The van der Waals surface area contributed by atoms with Gasteiger partial charge in [-0.3, -0.25) is 0 Å². The smallest absolute Gasteiger partial charge is 0.154 e. The molecule has 0 atom stereocenters. The number of imidazole rings is 1. The first kappa shape index (κ1) is 13.9.